The Kier molecular flexibility index (Phi) is 2.22. The average Bonchev–Trinajstić information content (AvgIpc) is 2.59. The first-order chi connectivity index (χ1) is 7.08. The number of nitrogens with zero attached hydrogens (tertiary/aromatic N) is 1. The number of Topliss-reactive ketones (excluding diaryl/α,β-unsaturated/α-hetero) is 1. The van der Waals surface area contributed by atoms with Crippen LogP contribution in [0.25, 0.3) is 11.1 Å². The summed E-state index contributed by atoms with van der Waals surface area (Å²) in [5, 5.41) is 0. The van der Waals surface area contributed by atoms with Crippen LogP contribution >= 0.6 is 0 Å². The van der Waals surface area contributed by atoms with Gasteiger partial charge in [0.15, 0.2) is 5.58 Å². The highest BCUT2D eigenvalue weighted by atomic mass is 19.3. The summed E-state index contributed by atoms with van der Waals surface area (Å²) in [7, 11) is 0. The lowest BCUT2D eigenvalue weighted by Gasteiger charge is -1.96. The van der Waals surface area contributed by atoms with E-state index in [4.69, 9.17) is 4.42 Å². The molecule has 0 aliphatic carbocycles. The van der Waals surface area contributed by atoms with E-state index in [-0.39, 0.29) is 22.8 Å². The SMILES string of the molecule is CC(=O)c1nc2ccc(C(F)F)cc2o1. The average molecular weight is 211 g/mol. The third kappa shape index (κ3) is 1.72. The van der Waals surface area contributed by atoms with Crippen molar-refractivity contribution in [3.63, 3.8) is 0 Å². The van der Waals surface area contributed by atoms with E-state index in [1.54, 1.807) is 0 Å². The lowest BCUT2D eigenvalue weighted by molar-refractivity contribution is 0.0983. The molecule has 0 atom stereocenters. The number of halogens is 2. The van der Waals surface area contributed by atoms with Crippen LogP contribution in [0.4, 0.5) is 8.78 Å². The molecule has 5 heteroatoms. The van der Waals surface area contributed by atoms with Gasteiger partial charge in [-0.2, -0.15) is 0 Å². The Morgan fingerprint density at radius 1 is 1.47 bits per heavy atom. The Balaban J connectivity index is 2.57. The minimum atomic E-state index is -2.56. The molecule has 78 valence electrons. The van der Waals surface area contributed by atoms with E-state index in [0.717, 1.165) is 0 Å². The van der Waals surface area contributed by atoms with Crippen molar-refractivity contribution in [2.75, 3.05) is 0 Å². The van der Waals surface area contributed by atoms with Crippen molar-refractivity contribution in [1.82, 2.24) is 4.98 Å². The van der Waals surface area contributed by atoms with Crippen molar-refractivity contribution in [2.24, 2.45) is 0 Å². The number of benzene rings is 1. The van der Waals surface area contributed by atoms with Crippen molar-refractivity contribution < 1.29 is 18.0 Å². The van der Waals surface area contributed by atoms with Crippen LogP contribution in [-0.4, -0.2) is 10.8 Å². The highest BCUT2D eigenvalue weighted by Gasteiger charge is 2.13. The van der Waals surface area contributed by atoms with Crippen LogP contribution in [0.3, 0.4) is 0 Å². The number of hydrogen-bond donors (Lipinski definition) is 0. The van der Waals surface area contributed by atoms with E-state index in [0.29, 0.717) is 5.52 Å². The summed E-state index contributed by atoms with van der Waals surface area (Å²) < 4.78 is 29.7. The van der Waals surface area contributed by atoms with Crippen LogP contribution in [-0.2, 0) is 0 Å². The van der Waals surface area contributed by atoms with Gasteiger partial charge in [-0.1, -0.05) is 6.07 Å². The zero-order valence-electron chi connectivity index (χ0n) is 7.83. The number of ketones is 1. The molecule has 1 aromatic heterocycles. The Bertz CT molecular complexity index is 519. The molecule has 0 N–H and O–H groups in total. The second-order valence-electron chi connectivity index (χ2n) is 3.10. The first-order valence-electron chi connectivity index (χ1n) is 4.27. The van der Waals surface area contributed by atoms with Crippen LogP contribution < -0.4 is 0 Å². The molecule has 0 spiro atoms. The fourth-order valence-electron chi connectivity index (χ4n) is 1.23. The first-order valence-corrected chi connectivity index (χ1v) is 4.27. The number of rotatable bonds is 2. The summed E-state index contributed by atoms with van der Waals surface area (Å²) in [4.78, 5) is 14.8. The lowest BCUT2D eigenvalue weighted by atomic mass is 10.2. The van der Waals surface area contributed by atoms with Crippen LogP contribution in [0.2, 0.25) is 0 Å². The number of oxazole rings is 1. The molecule has 2 aromatic rings. The van der Waals surface area contributed by atoms with Crippen molar-refractivity contribution >= 4 is 16.9 Å². The van der Waals surface area contributed by atoms with Crippen LogP contribution in [0, 0.1) is 0 Å². The molecule has 0 aliphatic heterocycles. The maximum Gasteiger partial charge on any atom is 0.263 e. The Labute approximate surface area is 83.7 Å². The molecule has 2 rings (SSSR count). The smallest absolute Gasteiger partial charge is 0.263 e. The van der Waals surface area contributed by atoms with E-state index in [2.05, 4.69) is 4.98 Å². The predicted octanol–water partition coefficient (Wildman–Crippen LogP) is 2.97. The fourth-order valence-corrected chi connectivity index (χ4v) is 1.23. The number of carbonyl (C=O) groups excluding carboxylic acids is 1. The van der Waals surface area contributed by atoms with Crippen molar-refractivity contribution in [3.05, 3.63) is 29.7 Å². The lowest BCUT2D eigenvalue weighted by Crippen LogP contribution is -1.89. The summed E-state index contributed by atoms with van der Waals surface area (Å²) in [6.07, 6.45) is -2.56. The van der Waals surface area contributed by atoms with E-state index < -0.39 is 6.43 Å². The minimum Gasteiger partial charge on any atom is -0.434 e. The summed E-state index contributed by atoms with van der Waals surface area (Å²) in [6.45, 7) is 1.30. The van der Waals surface area contributed by atoms with Gasteiger partial charge in [0, 0.05) is 12.5 Å². The van der Waals surface area contributed by atoms with Gasteiger partial charge in [0.25, 0.3) is 12.3 Å². The second kappa shape index (κ2) is 3.42. The molecule has 1 heterocycles. The molecule has 0 saturated heterocycles. The topological polar surface area (TPSA) is 43.1 Å². The zero-order chi connectivity index (χ0) is 11.0. The molecular formula is C10H7F2NO2. The monoisotopic (exact) mass is 211 g/mol. The van der Waals surface area contributed by atoms with Gasteiger partial charge in [0.1, 0.15) is 5.52 Å². The highest BCUT2D eigenvalue weighted by Crippen LogP contribution is 2.24. The summed E-state index contributed by atoms with van der Waals surface area (Å²) in [5.74, 6) is -0.388. The van der Waals surface area contributed by atoms with Crippen molar-refractivity contribution in [3.8, 4) is 0 Å². The van der Waals surface area contributed by atoms with Gasteiger partial charge in [-0.15, -0.1) is 0 Å². The minimum absolute atomic E-state index is 0.0589. The highest BCUT2D eigenvalue weighted by molar-refractivity contribution is 5.92. The largest absolute Gasteiger partial charge is 0.434 e. The molecule has 0 aliphatic rings. The molecule has 3 nitrogen and oxygen atoms in total. The number of aromatic nitrogens is 1. The third-order valence-electron chi connectivity index (χ3n) is 1.97. The molecule has 0 fully saturated rings. The number of carbonyl (C=O) groups is 1. The van der Waals surface area contributed by atoms with E-state index in [1.807, 2.05) is 0 Å². The number of alkyl halides is 2. The fraction of sp³-hybridized carbons (Fsp3) is 0.200. The first kappa shape index (κ1) is 9.76. The van der Waals surface area contributed by atoms with E-state index in [9.17, 15) is 13.6 Å². The Morgan fingerprint density at radius 3 is 2.80 bits per heavy atom. The second-order valence-corrected chi connectivity index (χ2v) is 3.10. The molecule has 0 bridgehead atoms. The van der Waals surface area contributed by atoms with Gasteiger partial charge >= 0.3 is 0 Å². The third-order valence-corrected chi connectivity index (χ3v) is 1.97. The zero-order valence-corrected chi connectivity index (χ0v) is 7.83. The standard InChI is InChI=1S/C10H7F2NO2/c1-5(14)10-13-7-3-2-6(9(11)12)4-8(7)15-10/h2-4,9H,1H3. The Hall–Kier alpha value is -1.78. The number of fused-ring (bicyclic) bond motifs is 1. The van der Waals surface area contributed by atoms with Gasteiger partial charge < -0.3 is 4.42 Å². The molecule has 0 radical (unpaired) electrons. The summed E-state index contributed by atoms with van der Waals surface area (Å²) in [5.41, 5.74) is 0.469. The predicted molar refractivity (Wildman–Crippen MR) is 49.0 cm³/mol. The van der Waals surface area contributed by atoms with Gasteiger partial charge in [-0.25, -0.2) is 13.8 Å². The van der Waals surface area contributed by atoms with Crippen molar-refractivity contribution in [1.29, 1.82) is 0 Å². The quantitative estimate of drug-likeness (QED) is 0.717. The van der Waals surface area contributed by atoms with E-state index in [1.165, 1.54) is 25.1 Å². The molecule has 0 unspecified atom stereocenters. The van der Waals surface area contributed by atoms with Crippen LogP contribution in [0.5, 0.6) is 0 Å². The molecule has 15 heavy (non-hydrogen) atoms. The van der Waals surface area contributed by atoms with Gasteiger partial charge in [-0.3, -0.25) is 4.79 Å². The van der Waals surface area contributed by atoms with Crippen LogP contribution in [0.15, 0.2) is 22.6 Å². The van der Waals surface area contributed by atoms with Crippen LogP contribution in [0.1, 0.15) is 29.6 Å². The van der Waals surface area contributed by atoms with Gasteiger partial charge in [0.2, 0.25) is 5.78 Å². The maximum absolute atomic E-state index is 12.3. The molecule has 0 saturated carbocycles. The molecule has 0 amide bonds. The maximum atomic E-state index is 12.3. The van der Waals surface area contributed by atoms with Gasteiger partial charge in [-0.05, 0) is 12.1 Å². The molecule has 1 aromatic carbocycles. The summed E-state index contributed by atoms with van der Waals surface area (Å²) >= 11 is 0. The number of hydrogen-bond acceptors (Lipinski definition) is 3. The summed E-state index contributed by atoms with van der Waals surface area (Å²) in [6, 6.07) is 3.87. The van der Waals surface area contributed by atoms with Gasteiger partial charge in [0.05, 0.1) is 0 Å². The van der Waals surface area contributed by atoms with Crippen molar-refractivity contribution in [2.45, 2.75) is 13.3 Å². The normalized spacial score (nSPS) is 11.2. The Morgan fingerprint density at radius 2 is 2.20 bits per heavy atom. The molecular weight excluding hydrogens is 204 g/mol. The van der Waals surface area contributed by atoms with E-state index >= 15 is 0 Å².